The number of carboxylic acid groups (broad SMARTS) is 1. The van der Waals surface area contributed by atoms with Gasteiger partial charge < -0.3 is 15.3 Å². The Kier molecular flexibility index (Phi) is 5.56. The van der Waals surface area contributed by atoms with Crippen LogP contribution in [0.2, 0.25) is 0 Å². The molecule has 9 heteroatoms. The van der Waals surface area contributed by atoms with Gasteiger partial charge in [-0.05, 0) is 13.0 Å². The number of benzene rings is 1. The number of nitro groups is 1. The molecule has 1 atom stereocenters. The lowest BCUT2D eigenvalue weighted by Crippen LogP contribution is -2.46. The topological polar surface area (TPSA) is 130 Å². The Morgan fingerprint density at radius 2 is 2.05 bits per heavy atom. The number of amides is 2. The van der Waals surface area contributed by atoms with Crippen molar-refractivity contribution in [1.29, 1.82) is 0 Å². The number of hydrogen-bond acceptors (Lipinski definition) is 5. The Morgan fingerprint density at radius 3 is 2.59 bits per heavy atom. The number of aliphatic carboxylic acids is 1. The summed E-state index contributed by atoms with van der Waals surface area (Å²) >= 11 is 0. The van der Waals surface area contributed by atoms with Gasteiger partial charge in [0.05, 0.1) is 4.92 Å². The number of non-ortho nitro benzene ring substituents is 1. The summed E-state index contributed by atoms with van der Waals surface area (Å²) in [5, 5.41) is 21.6. The van der Waals surface area contributed by atoms with E-state index in [1.54, 1.807) is 0 Å². The highest BCUT2D eigenvalue weighted by molar-refractivity contribution is 5.98. The number of carboxylic acids is 1. The molecule has 2 amide bonds. The average Bonchev–Trinajstić information content (AvgIpc) is 2.45. The summed E-state index contributed by atoms with van der Waals surface area (Å²) in [5.74, 6) is -2.41. The van der Waals surface area contributed by atoms with E-state index in [4.69, 9.17) is 5.11 Å². The molecule has 2 N–H and O–H groups in total. The Bertz CT molecular complexity index is 616. The van der Waals surface area contributed by atoms with E-state index in [1.165, 1.54) is 32.2 Å². The van der Waals surface area contributed by atoms with Crippen LogP contribution in [0.25, 0.3) is 0 Å². The Balaban J connectivity index is 2.75. The van der Waals surface area contributed by atoms with Crippen molar-refractivity contribution in [3.05, 3.63) is 39.9 Å². The number of rotatable bonds is 6. The second-order valence-corrected chi connectivity index (χ2v) is 4.59. The van der Waals surface area contributed by atoms with E-state index in [0.29, 0.717) is 0 Å². The molecule has 1 unspecified atom stereocenters. The lowest BCUT2D eigenvalue weighted by atomic mass is 10.1. The number of nitrogens with zero attached hydrogens (tertiary/aromatic N) is 2. The normalized spacial score (nSPS) is 11.4. The third kappa shape index (κ3) is 4.54. The van der Waals surface area contributed by atoms with E-state index in [1.807, 2.05) is 0 Å². The summed E-state index contributed by atoms with van der Waals surface area (Å²) < 4.78 is 0. The SMILES string of the molecule is CC(NC(=O)c1cccc([N+](=O)[O-])c1)C(=O)N(C)CC(=O)O. The van der Waals surface area contributed by atoms with Crippen LogP contribution in [0.15, 0.2) is 24.3 Å². The van der Waals surface area contributed by atoms with Crippen LogP contribution in [0.3, 0.4) is 0 Å². The molecule has 1 rings (SSSR count). The number of likely N-dealkylation sites (N-methyl/N-ethyl adjacent to an activating group) is 1. The van der Waals surface area contributed by atoms with E-state index < -0.39 is 35.3 Å². The second kappa shape index (κ2) is 7.16. The molecule has 0 aliphatic rings. The third-order valence-corrected chi connectivity index (χ3v) is 2.79. The number of carbonyl (C=O) groups is 3. The van der Waals surface area contributed by atoms with Crippen molar-refractivity contribution in [2.24, 2.45) is 0 Å². The Labute approximate surface area is 125 Å². The standard InChI is InChI=1S/C13H15N3O6/c1-8(13(20)15(2)7-11(17)18)14-12(19)9-4-3-5-10(6-9)16(21)22/h3-6,8H,7H2,1-2H3,(H,14,19)(H,17,18). The molecule has 0 saturated carbocycles. The summed E-state index contributed by atoms with van der Waals surface area (Å²) in [5.41, 5.74) is -0.204. The van der Waals surface area contributed by atoms with Crippen molar-refractivity contribution in [3.8, 4) is 0 Å². The van der Waals surface area contributed by atoms with Crippen LogP contribution in [-0.2, 0) is 9.59 Å². The minimum atomic E-state index is -1.17. The molecule has 0 aliphatic heterocycles. The first kappa shape index (κ1) is 17.1. The summed E-state index contributed by atoms with van der Waals surface area (Å²) in [6.07, 6.45) is 0. The summed E-state index contributed by atoms with van der Waals surface area (Å²) in [4.78, 5) is 45.3. The van der Waals surface area contributed by atoms with Crippen molar-refractivity contribution in [1.82, 2.24) is 10.2 Å². The number of nitrogens with one attached hydrogen (secondary N) is 1. The molecule has 0 bridgehead atoms. The molecule has 118 valence electrons. The minimum Gasteiger partial charge on any atom is -0.480 e. The zero-order chi connectivity index (χ0) is 16.9. The minimum absolute atomic E-state index is 0.0368. The maximum absolute atomic E-state index is 12.0. The lowest BCUT2D eigenvalue weighted by molar-refractivity contribution is -0.384. The number of hydrogen-bond donors (Lipinski definition) is 2. The van der Waals surface area contributed by atoms with Crippen LogP contribution in [-0.4, -0.2) is 52.3 Å². The van der Waals surface area contributed by atoms with E-state index >= 15 is 0 Å². The highest BCUT2D eigenvalue weighted by Gasteiger charge is 2.22. The quantitative estimate of drug-likeness (QED) is 0.572. The first-order valence-corrected chi connectivity index (χ1v) is 6.24. The van der Waals surface area contributed by atoms with Gasteiger partial charge in [0.2, 0.25) is 5.91 Å². The fourth-order valence-corrected chi connectivity index (χ4v) is 1.71. The fourth-order valence-electron chi connectivity index (χ4n) is 1.71. The average molecular weight is 309 g/mol. The van der Waals surface area contributed by atoms with Crippen molar-refractivity contribution in [2.45, 2.75) is 13.0 Å². The molecule has 0 radical (unpaired) electrons. The molecule has 0 heterocycles. The van der Waals surface area contributed by atoms with Crippen molar-refractivity contribution < 1.29 is 24.4 Å². The molecule has 0 fully saturated rings. The van der Waals surface area contributed by atoms with Crippen LogP contribution >= 0.6 is 0 Å². The summed E-state index contributed by atoms with van der Waals surface area (Å²) in [6.45, 7) is 0.909. The number of carbonyl (C=O) groups excluding carboxylic acids is 2. The largest absolute Gasteiger partial charge is 0.480 e. The molecule has 1 aromatic rings. The summed E-state index contributed by atoms with van der Waals surface area (Å²) in [6, 6.07) is 4.10. The van der Waals surface area contributed by atoms with E-state index in [0.717, 1.165) is 11.0 Å². The zero-order valence-corrected chi connectivity index (χ0v) is 12.0. The fraction of sp³-hybridized carbons (Fsp3) is 0.308. The monoisotopic (exact) mass is 309 g/mol. The van der Waals surface area contributed by atoms with E-state index in [9.17, 15) is 24.5 Å². The van der Waals surface area contributed by atoms with Gasteiger partial charge in [-0.1, -0.05) is 6.07 Å². The third-order valence-electron chi connectivity index (χ3n) is 2.79. The molecule has 0 aromatic heterocycles. The molecule has 1 aromatic carbocycles. The van der Waals surface area contributed by atoms with Crippen LogP contribution < -0.4 is 5.32 Å². The van der Waals surface area contributed by atoms with Gasteiger partial charge in [0.25, 0.3) is 11.6 Å². The van der Waals surface area contributed by atoms with Crippen molar-refractivity contribution in [2.75, 3.05) is 13.6 Å². The van der Waals surface area contributed by atoms with Gasteiger partial charge in [-0.2, -0.15) is 0 Å². The predicted octanol–water partition coefficient (Wildman–Crippen LogP) is 0.256. The van der Waals surface area contributed by atoms with Crippen LogP contribution in [0, 0.1) is 10.1 Å². The smallest absolute Gasteiger partial charge is 0.323 e. The molecule has 0 saturated heterocycles. The lowest BCUT2D eigenvalue weighted by Gasteiger charge is -2.20. The first-order chi connectivity index (χ1) is 10.2. The molecule has 0 spiro atoms. The van der Waals surface area contributed by atoms with Gasteiger partial charge in [-0.25, -0.2) is 0 Å². The van der Waals surface area contributed by atoms with Gasteiger partial charge in [0.15, 0.2) is 0 Å². The molecular weight excluding hydrogens is 294 g/mol. The van der Waals surface area contributed by atoms with Crippen LogP contribution in [0.5, 0.6) is 0 Å². The summed E-state index contributed by atoms with van der Waals surface area (Å²) in [7, 11) is 1.30. The molecule has 0 aliphatic carbocycles. The Morgan fingerprint density at radius 1 is 1.41 bits per heavy atom. The predicted molar refractivity (Wildman–Crippen MR) is 75.3 cm³/mol. The van der Waals surface area contributed by atoms with Crippen molar-refractivity contribution in [3.63, 3.8) is 0 Å². The Hall–Kier alpha value is -2.97. The van der Waals surface area contributed by atoms with Gasteiger partial charge in [-0.15, -0.1) is 0 Å². The maximum Gasteiger partial charge on any atom is 0.323 e. The van der Waals surface area contributed by atoms with Gasteiger partial charge in [0, 0.05) is 24.7 Å². The van der Waals surface area contributed by atoms with Crippen LogP contribution in [0.4, 0.5) is 5.69 Å². The zero-order valence-electron chi connectivity index (χ0n) is 12.0. The van der Waals surface area contributed by atoms with Gasteiger partial charge >= 0.3 is 5.97 Å². The van der Waals surface area contributed by atoms with Crippen LogP contribution in [0.1, 0.15) is 17.3 Å². The molecule has 9 nitrogen and oxygen atoms in total. The first-order valence-electron chi connectivity index (χ1n) is 6.24. The van der Waals surface area contributed by atoms with E-state index in [2.05, 4.69) is 5.32 Å². The molecular formula is C13H15N3O6. The maximum atomic E-state index is 12.0. The highest BCUT2D eigenvalue weighted by Crippen LogP contribution is 2.13. The molecule has 22 heavy (non-hydrogen) atoms. The highest BCUT2D eigenvalue weighted by atomic mass is 16.6. The van der Waals surface area contributed by atoms with Crippen molar-refractivity contribution >= 4 is 23.5 Å². The van der Waals surface area contributed by atoms with Gasteiger partial charge in [0.1, 0.15) is 12.6 Å². The second-order valence-electron chi connectivity index (χ2n) is 4.59. The van der Waals surface area contributed by atoms with Gasteiger partial charge in [-0.3, -0.25) is 24.5 Å². The van der Waals surface area contributed by atoms with E-state index in [-0.39, 0.29) is 11.3 Å². The number of nitro benzene ring substituents is 1.